The van der Waals surface area contributed by atoms with E-state index in [1.54, 1.807) is 48.5 Å². The number of carbonyl (C=O) groups excluding carboxylic acids is 3. The van der Waals surface area contributed by atoms with E-state index in [1.165, 1.54) is 25.5 Å². The molecule has 0 aliphatic rings. The number of hydrogen-bond acceptors (Lipinski definition) is 6. The summed E-state index contributed by atoms with van der Waals surface area (Å²) in [5.41, 5.74) is 2.97. The molecule has 0 radical (unpaired) electrons. The third-order valence-corrected chi connectivity index (χ3v) is 5.31. The molecule has 2 N–H and O–H groups in total. The second-order valence-electron chi connectivity index (χ2n) is 6.58. The topological polar surface area (TPSA) is 106 Å². The van der Waals surface area contributed by atoms with E-state index >= 15 is 0 Å². The van der Waals surface area contributed by atoms with Crippen molar-refractivity contribution in [1.29, 1.82) is 0 Å². The molecule has 3 rings (SSSR count). The van der Waals surface area contributed by atoms with Gasteiger partial charge in [-0.25, -0.2) is 10.2 Å². The number of hydrogen-bond donors (Lipinski definition) is 2. The van der Waals surface area contributed by atoms with Gasteiger partial charge in [0.1, 0.15) is 11.5 Å². The van der Waals surface area contributed by atoms with E-state index in [9.17, 15) is 14.4 Å². The van der Waals surface area contributed by atoms with Crippen molar-refractivity contribution >= 4 is 68.8 Å². The summed E-state index contributed by atoms with van der Waals surface area (Å²) in [6, 6.07) is 15.7. The SMILES string of the molecule is COc1ccc(C(=O)Oc2ccc(Br)cc2/C=N/NC(=O)C(=O)Nc2cc(Cl)ccc2Cl)cc1. The molecule has 0 bridgehead atoms. The zero-order valence-corrected chi connectivity index (χ0v) is 20.6. The van der Waals surface area contributed by atoms with Gasteiger partial charge < -0.3 is 14.8 Å². The van der Waals surface area contributed by atoms with Gasteiger partial charge in [0.25, 0.3) is 0 Å². The highest BCUT2D eigenvalue weighted by molar-refractivity contribution is 9.10. The van der Waals surface area contributed by atoms with Crippen molar-refractivity contribution in [1.82, 2.24) is 5.43 Å². The first kappa shape index (κ1) is 25.2. The Morgan fingerprint density at radius 1 is 0.971 bits per heavy atom. The molecule has 11 heteroatoms. The van der Waals surface area contributed by atoms with Gasteiger partial charge in [-0.2, -0.15) is 5.10 Å². The van der Waals surface area contributed by atoms with Crippen molar-refractivity contribution in [3.63, 3.8) is 0 Å². The average molecular weight is 565 g/mol. The number of benzene rings is 3. The summed E-state index contributed by atoms with van der Waals surface area (Å²) in [5.74, 6) is -1.84. The van der Waals surface area contributed by atoms with Crippen LogP contribution in [0.2, 0.25) is 10.0 Å². The summed E-state index contributed by atoms with van der Waals surface area (Å²) in [5, 5.41) is 6.67. The molecule has 0 aliphatic carbocycles. The van der Waals surface area contributed by atoms with Gasteiger partial charge in [0, 0.05) is 15.1 Å². The van der Waals surface area contributed by atoms with E-state index in [4.69, 9.17) is 32.7 Å². The van der Waals surface area contributed by atoms with E-state index in [-0.39, 0.29) is 16.5 Å². The fraction of sp³-hybridized carbons (Fsp3) is 0.0435. The number of rotatable bonds is 6. The van der Waals surface area contributed by atoms with E-state index in [2.05, 4.69) is 31.8 Å². The van der Waals surface area contributed by atoms with Crippen molar-refractivity contribution in [3.8, 4) is 11.5 Å². The zero-order valence-electron chi connectivity index (χ0n) is 17.5. The lowest BCUT2D eigenvalue weighted by Crippen LogP contribution is -2.32. The van der Waals surface area contributed by atoms with Gasteiger partial charge in [-0.3, -0.25) is 9.59 Å². The summed E-state index contributed by atoms with van der Waals surface area (Å²) in [4.78, 5) is 36.7. The molecule has 2 amide bonds. The van der Waals surface area contributed by atoms with Crippen LogP contribution in [0.3, 0.4) is 0 Å². The van der Waals surface area contributed by atoms with Gasteiger partial charge in [0.15, 0.2) is 0 Å². The Morgan fingerprint density at radius 3 is 2.41 bits per heavy atom. The molecule has 3 aromatic rings. The first-order valence-electron chi connectivity index (χ1n) is 9.52. The molecule has 3 aromatic carbocycles. The molecular formula is C23H16BrCl2N3O5. The number of ether oxygens (including phenoxy) is 2. The van der Waals surface area contributed by atoms with Crippen LogP contribution in [0.4, 0.5) is 5.69 Å². The molecule has 0 fully saturated rings. The highest BCUT2D eigenvalue weighted by atomic mass is 79.9. The Kier molecular flexibility index (Phi) is 8.64. The molecule has 0 heterocycles. The second-order valence-corrected chi connectivity index (χ2v) is 8.34. The second kappa shape index (κ2) is 11.6. The van der Waals surface area contributed by atoms with Gasteiger partial charge in [0.2, 0.25) is 0 Å². The summed E-state index contributed by atoms with van der Waals surface area (Å²) in [6.45, 7) is 0. The molecule has 34 heavy (non-hydrogen) atoms. The number of nitrogens with zero attached hydrogens (tertiary/aromatic N) is 1. The average Bonchev–Trinajstić information content (AvgIpc) is 2.82. The fourth-order valence-corrected chi connectivity index (χ4v) is 3.30. The van der Waals surface area contributed by atoms with Crippen molar-refractivity contribution in [2.45, 2.75) is 0 Å². The van der Waals surface area contributed by atoms with E-state index in [0.29, 0.717) is 26.4 Å². The lowest BCUT2D eigenvalue weighted by molar-refractivity contribution is -0.136. The van der Waals surface area contributed by atoms with Crippen molar-refractivity contribution in [2.24, 2.45) is 5.10 Å². The maximum Gasteiger partial charge on any atom is 0.343 e. The summed E-state index contributed by atoms with van der Waals surface area (Å²) in [6.07, 6.45) is 1.24. The first-order chi connectivity index (χ1) is 16.3. The fourth-order valence-electron chi connectivity index (χ4n) is 2.58. The van der Waals surface area contributed by atoms with Gasteiger partial charge in [-0.05, 0) is 60.7 Å². The molecule has 0 saturated carbocycles. The smallest absolute Gasteiger partial charge is 0.343 e. The Labute approximate surface area is 213 Å². The molecule has 0 saturated heterocycles. The number of methoxy groups -OCH3 is 1. The molecule has 0 atom stereocenters. The lowest BCUT2D eigenvalue weighted by atomic mass is 10.2. The number of halogens is 3. The van der Waals surface area contributed by atoms with Crippen molar-refractivity contribution in [2.75, 3.05) is 12.4 Å². The van der Waals surface area contributed by atoms with Crippen LogP contribution in [0, 0.1) is 0 Å². The predicted molar refractivity (Wildman–Crippen MR) is 133 cm³/mol. The molecule has 0 unspecified atom stereocenters. The first-order valence-corrected chi connectivity index (χ1v) is 11.1. The minimum absolute atomic E-state index is 0.179. The minimum Gasteiger partial charge on any atom is -0.497 e. The normalized spacial score (nSPS) is 10.6. The van der Waals surface area contributed by atoms with Crippen LogP contribution >= 0.6 is 39.1 Å². The molecule has 0 spiro atoms. The molecule has 0 aliphatic heterocycles. The number of nitrogens with one attached hydrogen (secondary N) is 2. The van der Waals surface area contributed by atoms with Crippen LogP contribution in [-0.4, -0.2) is 31.1 Å². The third kappa shape index (κ3) is 6.80. The van der Waals surface area contributed by atoms with Gasteiger partial charge >= 0.3 is 17.8 Å². The van der Waals surface area contributed by atoms with Gasteiger partial charge in [0.05, 0.1) is 29.6 Å². The highest BCUT2D eigenvalue weighted by Gasteiger charge is 2.15. The van der Waals surface area contributed by atoms with E-state index in [0.717, 1.165) is 0 Å². The van der Waals surface area contributed by atoms with Gasteiger partial charge in [-0.15, -0.1) is 0 Å². The monoisotopic (exact) mass is 563 g/mol. The maximum atomic E-state index is 12.5. The standard InChI is InChI=1S/C23H16BrCl2N3O5/c1-33-17-6-2-13(3-7-17)23(32)34-20-9-4-15(24)10-14(20)12-27-29-22(31)21(30)28-19-11-16(25)5-8-18(19)26/h2-12H,1H3,(H,28,30)(H,29,31)/b27-12+. The molecule has 174 valence electrons. The predicted octanol–water partition coefficient (Wildman–Crippen LogP) is 5.07. The number of amides is 2. The molecular weight excluding hydrogens is 549 g/mol. The van der Waals surface area contributed by atoms with Crippen LogP contribution < -0.4 is 20.2 Å². The molecule has 8 nitrogen and oxygen atoms in total. The number of anilines is 1. The zero-order chi connectivity index (χ0) is 24.7. The Morgan fingerprint density at radius 2 is 1.71 bits per heavy atom. The van der Waals surface area contributed by atoms with E-state index < -0.39 is 17.8 Å². The quantitative estimate of drug-likeness (QED) is 0.143. The number of hydrazone groups is 1. The van der Waals surface area contributed by atoms with Crippen LogP contribution in [0.15, 0.2) is 70.2 Å². The van der Waals surface area contributed by atoms with Crippen LogP contribution in [0.1, 0.15) is 15.9 Å². The number of carbonyl (C=O) groups is 3. The Hall–Kier alpha value is -3.40. The van der Waals surface area contributed by atoms with Crippen molar-refractivity contribution in [3.05, 3.63) is 86.3 Å². The maximum absolute atomic E-state index is 12.5. The lowest BCUT2D eigenvalue weighted by Gasteiger charge is -2.09. The van der Waals surface area contributed by atoms with Crippen LogP contribution in [0.25, 0.3) is 0 Å². The highest BCUT2D eigenvalue weighted by Crippen LogP contribution is 2.25. The largest absolute Gasteiger partial charge is 0.497 e. The summed E-state index contributed by atoms with van der Waals surface area (Å²) >= 11 is 15.2. The van der Waals surface area contributed by atoms with Gasteiger partial charge in [-0.1, -0.05) is 39.1 Å². The molecule has 0 aromatic heterocycles. The van der Waals surface area contributed by atoms with Crippen LogP contribution in [0.5, 0.6) is 11.5 Å². The summed E-state index contributed by atoms with van der Waals surface area (Å²) in [7, 11) is 1.52. The number of esters is 1. The van der Waals surface area contributed by atoms with E-state index in [1.807, 2.05) is 0 Å². The Balaban J connectivity index is 1.67. The minimum atomic E-state index is -1.04. The third-order valence-electron chi connectivity index (χ3n) is 4.25. The van der Waals surface area contributed by atoms with Crippen LogP contribution in [-0.2, 0) is 9.59 Å². The summed E-state index contributed by atoms with van der Waals surface area (Å²) < 4.78 is 11.2. The van der Waals surface area contributed by atoms with Crippen molar-refractivity contribution < 1.29 is 23.9 Å². The Bertz CT molecular complexity index is 1270.